The van der Waals surface area contributed by atoms with Crippen LogP contribution in [0, 0.1) is 0 Å². The third-order valence-corrected chi connectivity index (χ3v) is 3.15. The number of rotatable bonds is 2. The van der Waals surface area contributed by atoms with E-state index in [0.717, 1.165) is 12.8 Å². The number of nitrogens with two attached hydrogens (primary N) is 1. The van der Waals surface area contributed by atoms with E-state index in [1.165, 1.54) is 0 Å². The van der Waals surface area contributed by atoms with E-state index in [1.807, 2.05) is 0 Å². The third kappa shape index (κ3) is 2.69. The van der Waals surface area contributed by atoms with Crippen LogP contribution in [0.5, 0.6) is 5.88 Å². The van der Waals surface area contributed by atoms with Crippen molar-refractivity contribution < 1.29 is 9.47 Å². The lowest BCUT2D eigenvalue weighted by Crippen LogP contribution is -2.26. The van der Waals surface area contributed by atoms with Crippen LogP contribution in [-0.2, 0) is 4.74 Å². The van der Waals surface area contributed by atoms with E-state index in [0.29, 0.717) is 35.3 Å². The first kappa shape index (κ1) is 12.4. The Kier molecular flexibility index (Phi) is 3.35. The van der Waals surface area contributed by atoms with Gasteiger partial charge in [0.25, 0.3) is 0 Å². The van der Waals surface area contributed by atoms with Crippen LogP contribution < -0.4 is 10.5 Å². The summed E-state index contributed by atoms with van der Waals surface area (Å²) in [6, 6.07) is 3.41. The summed E-state index contributed by atoms with van der Waals surface area (Å²) in [7, 11) is 0. The molecule has 0 saturated carbocycles. The highest BCUT2D eigenvalue weighted by molar-refractivity contribution is 6.29. The molecule has 0 atom stereocenters. The normalized spacial score (nSPS) is 16.7. The van der Waals surface area contributed by atoms with Crippen LogP contribution in [0.4, 0.5) is 5.95 Å². The molecule has 0 bridgehead atoms. The number of pyridine rings is 1. The molecule has 1 aliphatic heterocycles. The third-order valence-electron chi connectivity index (χ3n) is 2.94. The van der Waals surface area contributed by atoms with E-state index in [2.05, 4.69) is 15.0 Å². The van der Waals surface area contributed by atoms with E-state index in [4.69, 9.17) is 26.8 Å². The molecule has 0 aliphatic carbocycles. The summed E-state index contributed by atoms with van der Waals surface area (Å²) in [5.41, 5.74) is 6.84. The molecule has 100 valence electrons. The zero-order valence-electron chi connectivity index (χ0n) is 10.2. The highest BCUT2D eigenvalue weighted by Gasteiger charge is 2.18. The van der Waals surface area contributed by atoms with Crippen LogP contribution >= 0.6 is 11.6 Å². The van der Waals surface area contributed by atoms with Crippen molar-refractivity contribution in [2.45, 2.75) is 18.9 Å². The first-order valence-electron chi connectivity index (χ1n) is 6.06. The number of ether oxygens (including phenoxy) is 2. The van der Waals surface area contributed by atoms with E-state index in [9.17, 15) is 0 Å². The van der Waals surface area contributed by atoms with E-state index in [-0.39, 0.29) is 12.1 Å². The molecule has 1 saturated heterocycles. The van der Waals surface area contributed by atoms with Crippen molar-refractivity contribution in [2.24, 2.45) is 0 Å². The van der Waals surface area contributed by atoms with Gasteiger partial charge in [-0.1, -0.05) is 11.6 Å². The fourth-order valence-electron chi connectivity index (χ4n) is 2.01. The smallest absolute Gasteiger partial charge is 0.245 e. The summed E-state index contributed by atoms with van der Waals surface area (Å²) < 4.78 is 11.2. The van der Waals surface area contributed by atoms with Gasteiger partial charge in [0.1, 0.15) is 11.3 Å². The molecule has 2 N–H and O–H groups in total. The first-order valence-corrected chi connectivity index (χ1v) is 6.44. The Morgan fingerprint density at radius 1 is 1.21 bits per heavy atom. The van der Waals surface area contributed by atoms with Gasteiger partial charge in [-0.05, 0) is 12.1 Å². The quantitative estimate of drug-likeness (QED) is 0.845. The Labute approximate surface area is 114 Å². The summed E-state index contributed by atoms with van der Waals surface area (Å²) in [5.74, 6) is 0.551. The molecule has 1 aliphatic rings. The topological polar surface area (TPSA) is 83.2 Å². The van der Waals surface area contributed by atoms with Crippen LogP contribution in [0.3, 0.4) is 0 Å². The van der Waals surface area contributed by atoms with Crippen LogP contribution in [0.2, 0.25) is 5.15 Å². The van der Waals surface area contributed by atoms with E-state index >= 15 is 0 Å². The molecule has 3 heterocycles. The van der Waals surface area contributed by atoms with Gasteiger partial charge >= 0.3 is 0 Å². The summed E-state index contributed by atoms with van der Waals surface area (Å²) in [5, 5.41) is 0.373. The SMILES string of the molecule is Nc1nc(OC2CCOCC2)c2nc(Cl)ccc2n1. The predicted octanol–water partition coefficient (Wildman–Crippen LogP) is 1.82. The molecule has 0 unspecified atom stereocenters. The molecular weight excluding hydrogens is 268 g/mol. The lowest BCUT2D eigenvalue weighted by molar-refractivity contribution is 0.0244. The maximum absolute atomic E-state index is 5.90. The summed E-state index contributed by atoms with van der Waals surface area (Å²) >= 11 is 5.90. The number of hydrogen-bond donors (Lipinski definition) is 1. The van der Waals surface area contributed by atoms with Crippen molar-refractivity contribution in [1.29, 1.82) is 0 Å². The highest BCUT2D eigenvalue weighted by Crippen LogP contribution is 2.25. The van der Waals surface area contributed by atoms with Crippen LogP contribution in [0.15, 0.2) is 12.1 Å². The molecule has 6 nitrogen and oxygen atoms in total. The standard InChI is InChI=1S/C12H13ClN4O2/c13-9-2-1-8-10(16-9)11(17-12(14)15-8)19-7-3-5-18-6-4-7/h1-2,7H,3-6H2,(H2,14,15,17). The minimum Gasteiger partial charge on any atom is -0.473 e. The minimum absolute atomic E-state index is 0.0621. The minimum atomic E-state index is 0.0621. The summed E-state index contributed by atoms with van der Waals surface area (Å²) in [4.78, 5) is 12.4. The van der Waals surface area contributed by atoms with Gasteiger partial charge in [-0.25, -0.2) is 9.97 Å². The molecule has 0 spiro atoms. The van der Waals surface area contributed by atoms with Gasteiger partial charge in [-0.2, -0.15) is 4.98 Å². The molecule has 0 aromatic carbocycles. The van der Waals surface area contributed by atoms with Gasteiger partial charge in [0, 0.05) is 12.8 Å². The number of nitrogen functional groups attached to an aromatic ring is 1. The Morgan fingerprint density at radius 3 is 2.79 bits per heavy atom. The van der Waals surface area contributed by atoms with Gasteiger partial charge in [-0.3, -0.25) is 0 Å². The van der Waals surface area contributed by atoms with Crippen molar-refractivity contribution >= 4 is 28.6 Å². The molecule has 0 amide bonds. The Hall–Kier alpha value is -1.66. The second-order valence-electron chi connectivity index (χ2n) is 4.32. The number of hydrogen-bond acceptors (Lipinski definition) is 6. The largest absolute Gasteiger partial charge is 0.473 e. The Bertz CT molecular complexity index is 602. The van der Waals surface area contributed by atoms with Crippen molar-refractivity contribution in [1.82, 2.24) is 15.0 Å². The molecule has 2 aromatic heterocycles. The van der Waals surface area contributed by atoms with Crippen LogP contribution in [-0.4, -0.2) is 34.3 Å². The number of halogens is 1. The molecule has 7 heteroatoms. The zero-order chi connectivity index (χ0) is 13.2. The van der Waals surface area contributed by atoms with E-state index in [1.54, 1.807) is 12.1 Å². The molecular formula is C12H13ClN4O2. The second-order valence-corrected chi connectivity index (χ2v) is 4.71. The Morgan fingerprint density at radius 2 is 2.00 bits per heavy atom. The number of aromatic nitrogens is 3. The monoisotopic (exact) mass is 280 g/mol. The van der Waals surface area contributed by atoms with Gasteiger partial charge in [0.2, 0.25) is 11.8 Å². The number of anilines is 1. The number of fused-ring (bicyclic) bond motifs is 1. The van der Waals surface area contributed by atoms with Gasteiger partial charge in [0.15, 0.2) is 5.52 Å². The average molecular weight is 281 g/mol. The molecule has 0 radical (unpaired) electrons. The lowest BCUT2D eigenvalue weighted by atomic mass is 10.1. The molecule has 3 rings (SSSR count). The maximum Gasteiger partial charge on any atom is 0.245 e. The summed E-state index contributed by atoms with van der Waals surface area (Å²) in [6.07, 6.45) is 1.71. The second kappa shape index (κ2) is 5.14. The van der Waals surface area contributed by atoms with Gasteiger partial charge in [-0.15, -0.1) is 0 Å². The van der Waals surface area contributed by atoms with Crippen LogP contribution in [0.25, 0.3) is 11.0 Å². The number of nitrogens with zero attached hydrogens (tertiary/aromatic N) is 3. The van der Waals surface area contributed by atoms with E-state index < -0.39 is 0 Å². The fraction of sp³-hybridized carbons (Fsp3) is 0.417. The lowest BCUT2D eigenvalue weighted by Gasteiger charge is -2.23. The highest BCUT2D eigenvalue weighted by atomic mass is 35.5. The van der Waals surface area contributed by atoms with Gasteiger partial charge in [0.05, 0.1) is 18.7 Å². The summed E-state index contributed by atoms with van der Waals surface area (Å²) in [6.45, 7) is 1.38. The first-order chi connectivity index (χ1) is 9.22. The molecule has 19 heavy (non-hydrogen) atoms. The van der Waals surface area contributed by atoms with Gasteiger partial charge < -0.3 is 15.2 Å². The van der Waals surface area contributed by atoms with Crippen molar-refractivity contribution in [3.8, 4) is 5.88 Å². The maximum atomic E-state index is 5.90. The molecule has 1 fully saturated rings. The van der Waals surface area contributed by atoms with Crippen LogP contribution in [0.1, 0.15) is 12.8 Å². The predicted molar refractivity (Wildman–Crippen MR) is 71.2 cm³/mol. The van der Waals surface area contributed by atoms with Crippen molar-refractivity contribution in [3.05, 3.63) is 17.3 Å². The Balaban J connectivity index is 1.98. The average Bonchev–Trinajstić information content (AvgIpc) is 2.41. The zero-order valence-corrected chi connectivity index (χ0v) is 10.9. The molecule has 2 aromatic rings. The van der Waals surface area contributed by atoms with Crippen molar-refractivity contribution in [2.75, 3.05) is 18.9 Å². The fourth-order valence-corrected chi connectivity index (χ4v) is 2.16. The van der Waals surface area contributed by atoms with Crippen molar-refractivity contribution in [3.63, 3.8) is 0 Å².